The number of hydrogen-bond donors (Lipinski definition) is 1. The molecule has 8 nitrogen and oxygen atoms in total. The van der Waals surface area contributed by atoms with Gasteiger partial charge in [-0.2, -0.15) is 4.31 Å². The van der Waals surface area contributed by atoms with Crippen LogP contribution in [0.15, 0.2) is 49.2 Å². The SMILES string of the molecule is C=CC(=O)N1CCN(S(C)(=O)=O)CC1c1cc(Cl)cc(-c2ccnc(NC(C)=O)c2)c1. The molecule has 1 saturated heterocycles. The Morgan fingerprint density at radius 1 is 1.23 bits per heavy atom. The molecule has 2 amide bonds. The summed E-state index contributed by atoms with van der Waals surface area (Å²) in [6.07, 6.45) is 3.94. The Labute approximate surface area is 186 Å². The molecule has 1 unspecified atom stereocenters. The molecule has 3 rings (SSSR count). The Morgan fingerprint density at radius 3 is 2.61 bits per heavy atom. The fraction of sp³-hybridized carbons (Fsp3) is 0.286. The van der Waals surface area contributed by atoms with Gasteiger partial charge >= 0.3 is 0 Å². The molecule has 1 aliphatic heterocycles. The second-order valence-corrected chi connectivity index (χ2v) is 9.68. The molecule has 1 atom stereocenters. The lowest BCUT2D eigenvalue weighted by atomic mass is 9.97. The zero-order chi connectivity index (χ0) is 22.8. The number of carbonyl (C=O) groups is 2. The zero-order valence-electron chi connectivity index (χ0n) is 17.2. The monoisotopic (exact) mass is 462 g/mol. The first kappa shape index (κ1) is 22.9. The van der Waals surface area contributed by atoms with Crippen molar-refractivity contribution < 1.29 is 18.0 Å². The highest BCUT2D eigenvalue weighted by atomic mass is 35.5. The van der Waals surface area contributed by atoms with Gasteiger partial charge in [-0.25, -0.2) is 13.4 Å². The molecule has 1 aromatic carbocycles. The van der Waals surface area contributed by atoms with Crippen LogP contribution in [-0.2, 0) is 19.6 Å². The zero-order valence-corrected chi connectivity index (χ0v) is 18.8. The minimum Gasteiger partial charge on any atom is -0.329 e. The Hall–Kier alpha value is -2.75. The van der Waals surface area contributed by atoms with Gasteiger partial charge in [-0.05, 0) is 53.1 Å². The van der Waals surface area contributed by atoms with E-state index in [9.17, 15) is 18.0 Å². The van der Waals surface area contributed by atoms with Gasteiger partial charge in [-0.1, -0.05) is 18.2 Å². The molecule has 1 aliphatic rings. The number of hydrogen-bond acceptors (Lipinski definition) is 5. The molecule has 0 spiro atoms. The van der Waals surface area contributed by atoms with E-state index in [2.05, 4.69) is 16.9 Å². The molecule has 1 fully saturated rings. The summed E-state index contributed by atoms with van der Waals surface area (Å²) in [5.74, 6) is -0.120. The first-order valence-corrected chi connectivity index (χ1v) is 11.7. The molecule has 0 bridgehead atoms. The summed E-state index contributed by atoms with van der Waals surface area (Å²) in [5.41, 5.74) is 2.21. The number of nitrogens with zero attached hydrogens (tertiary/aromatic N) is 3. The summed E-state index contributed by atoms with van der Waals surface area (Å²) >= 11 is 6.39. The molecule has 1 aromatic heterocycles. The van der Waals surface area contributed by atoms with E-state index in [0.29, 0.717) is 16.4 Å². The third-order valence-electron chi connectivity index (χ3n) is 4.97. The number of sulfonamides is 1. The molecule has 2 heterocycles. The van der Waals surface area contributed by atoms with Gasteiger partial charge in [-0.3, -0.25) is 9.59 Å². The number of pyridine rings is 1. The van der Waals surface area contributed by atoms with Gasteiger partial charge in [0.1, 0.15) is 5.82 Å². The van der Waals surface area contributed by atoms with Gasteiger partial charge in [0.2, 0.25) is 21.8 Å². The molecule has 164 valence electrons. The standard InChI is InChI=1S/C21H23ClN4O4S/c1-4-21(28)26-8-7-25(31(3,29)30)13-19(26)17-9-16(10-18(22)11-17)15-5-6-23-20(12-15)24-14(2)27/h4-6,9-12,19H,1,7-8,13H2,2-3H3,(H,23,24,27). The second kappa shape index (κ2) is 9.17. The van der Waals surface area contributed by atoms with Gasteiger partial charge in [-0.15, -0.1) is 0 Å². The van der Waals surface area contributed by atoms with Crippen molar-refractivity contribution in [3.05, 3.63) is 59.8 Å². The van der Waals surface area contributed by atoms with E-state index in [4.69, 9.17) is 11.6 Å². The van der Waals surface area contributed by atoms with Crippen molar-refractivity contribution >= 4 is 39.3 Å². The molecule has 10 heteroatoms. The normalized spacial score (nSPS) is 17.3. The molecule has 31 heavy (non-hydrogen) atoms. The Morgan fingerprint density at radius 2 is 1.97 bits per heavy atom. The number of amides is 2. The van der Waals surface area contributed by atoms with Crippen LogP contribution in [0.5, 0.6) is 0 Å². The molecular formula is C21H23ClN4O4S. The maximum atomic E-state index is 12.5. The summed E-state index contributed by atoms with van der Waals surface area (Å²) in [4.78, 5) is 29.5. The van der Waals surface area contributed by atoms with Crippen molar-refractivity contribution in [1.29, 1.82) is 0 Å². The minimum atomic E-state index is -3.42. The van der Waals surface area contributed by atoms with Crippen molar-refractivity contribution in [3.63, 3.8) is 0 Å². The van der Waals surface area contributed by atoms with Crippen LogP contribution in [0.3, 0.4) is 0 Å². The van der Waals surface area contributed by atoms with Crippen LogP contribution in [0.4, 0.5) is 5.82 Å². The van der Waals surface area contributed by atoms with Crippen LogP contribution in [0.25, 0.3) is 11.1 Å². The average molecular weight is 463 g/mol. The maximum absolute atomic E-state index is 12.5. The van der Waals surface area contributed by atoms with Crippen molar-refractivity contribution in [2.75, 3.05) is 31.2 Å². The number of benzene rings is 1. The summed E-state index contributed by atoms with van der Waals surface area (Å²) in [6.45, 7) is 5.53. The predicted octanol–water partition coefficient (Wildman–Crippen LogP) is 2.69. The van der Waals surface area contributed by atoms with Crippen LogP contribution in [0.2, 0.25) is 5.02 Å². The van der Waals surface area contributed by atoms with E-state index in [1.807, 2.05) is 6.07 Å². The van der Waals surface area contributed by atoms with E-state index in [-0.39, 0.29) is 31.4 Å². The smallest absolute Gasteiger partial charge is 0.246 e. The average Bonchev–Trinajstić information content (AvgIpc) is 2.71. The van der Waals surface area contributed by atoms with Crippen LogP contribution in [0.1, 0.15) is 18.5 Å². The van der Waals surface area contributed by atoms with E-state index in [0.717, 1.165) is 17.4 Å². The Bertz CT molecular complexity index is 1140. The van der Waals surface area contributed by atoms with Crippen molar-refractivity contribution in [3.8, 4) is 11.1 Å². The summed E-state index contributed by atoms with van der Waals surface area (Å²) < 4.78 is 25.6. The summed E-state index contributed by atoms with van der Waals surface area (Å²) in [5, 5.41) is 3.08. The number of rotatable bonds is 5. The molecule has 0 saturated carbocycles. The number of nitrogens with one attached hydrogen (secondary N) is 1. The maximum Gasteiger partial charge on any atom is 0.246 e. The molecule has 0 aliphatic carbocycles. The quantitative estimate of drug-likeness (QED) is 0.688. The first-order chi connectivity index (χ1) is 14.6. The predicted molar refractivity (Wildman–Crippen MR) is 120 cm³/mol. The van der Waals surface area contributed by atoms with Crippen LogP contribution >= 0.6 is 11.6 Å². The van der Waals surface area contributed by atoms with Gasteiger partial charge in [0.05, 0.1) is 12.3 Å². The van der Waals surface area contributed by atoms with Crippen LogP contribution < -0.4 is 5.32 Å². The lowest BCUT2D eigenvalue weighted by molar-refractivity contribution is -0.130. The molecule has 0 radical (unpaired) electrons. The Balaban J connectivity index is 2.04. The van der Waals surface area contributed by atoms with E-state index >= 15 is 0 Å². The van der Waals surface area contributed by atoms with Gasteiger partial charge in [0.15, 0.2) is 0 Å². The molecular weight excluding hydrogens is 440 g/mol. The highest BCUT2D eigenvalue weighted by Gasteiger charge is 2.34. The summed E-state index contributed by atoms with van der Waals surface area (Å²) in [7, 11) is -3.42. The number of aromatic nitrogens is 1. The molecule has 1 N–H and O–H groups in total. The second-order valence-electron chi connectivity index (χ2n) is 7.26. The first-order valence-electron chi connectivity index (χ1n) is 9.51. The van der Waals surface area contributed by atoms with Gasteiger partial charge in [0.25, 0.3) is 0 Å². The van der Waals surface area contributed by atoms with Gasteiger partial charge in [0, 0.05) is 37.8 Å². The number of carbonyl (C=O) groups excluding carboxylic acids is 2. The fourth-order valence-electron chi connectivity index (χ4n) is 3.56. The van der Waals surface area contributed by atoms with Crippen LogP contribution in [0, 0.1) is 0 Å². The third-order valence-corrected chi connectivity index (χ3v) is 6.46. The largest absolute Gasteiger partial charge is 0.329 e. The van der Waals surface area contributed by atoms with Crippen molar-refractivity contribution in [1.82, 2.24) is 14.2 Å². The lowest BCUT2D eigenvalue weighted by Gasteiger charge is -2.40. The molecule has 2 aromatic rings. The Kier molecular flexibility index (Phi) is 6.78. The number of anilines is 1. The van der Waals surface area contributed by atoms with E-state index < -0.39 is 16.1 Å². The van der Waals surface area contributed by atoms with E-state index in [1.165, 1.54) is 17.3 Å². The van der Waals surface area contributed by atoms with Gasteiger partial charge < -0.3 is 10.2 Å². The fourth-order valence-corrected chi connectivity index (χ4v) is 4.62. The van der Waals surface area contributed by atoms with Crippen LogP contribution in [-0.4, -0.2) is 60.3 Å². The summed E-state index contributed by atoms with van der Waals surface area (Å²) in [6, 6.07) is 8.31. The number of halogens is 1. The van der Waals surface area contributed by atoms with Crippen molar-refractivity contribution in [2.45, 2.75) is 13.0 Å². The topological polar surface area (TPSA) is 99.7 Å². The number of piperazine rings is 1. The highest BCUT2D eigenvalue weighted by molar-refractivity contribution is 7.88. The minimum absolute atomic E-state index is 0.117. The highest BCUT2D eigenvalue weighted by Crippen LogP contribution is 2.33. The lowest BCUT2D eigenvalue weighted by Crippen LogP contribution is -2.51. The van der Waals surface area contributed by atoms with Crippen molar-refractivity contribution in [2.24, 2.45) is 0 Å². The third kappa shape index (κ3) is 5.49. The van der Waals surface area contributed by atoms with E-state index in [1.54, 1.807) is 35.4 Å².